The topological polar surface area (TPSA) is 82.2 Å². The molecule has 3 atom stereocenters. The molecule has 0 saturated carbocycles. The molecule has 1 aromatic carbocycles. The Hall–Kier alpha value is -2.45. The number of likely N-dealkylation sites (N-methyl/N-ethyl adjacent to an activating group) is 2. The molecule has 4 amide bonds. The number of carbonyl (C=O) groups is 3. The van der Waals surface area contributed by atoms with Crippen LogP contribution in [-0.2, 0) is 14.3 Å². The molecule has 0 aromatic heterocycles. The zero-order valence-electron chi connectivity index (χ0n) is 23.5. The Bertz CT molecular complexity index is 882. The molecular formula is C28H46N4O4. The van der Waals surface area contributed by atoms with Gasteiger partial charge >= 0.3 is 6.03 Å². The van der Waals surface area contributed by atoms with Crippen molar-refractivity contribution in [1.29, 1.82) is 0 Å². The first-order valence-corrected chi connectivity index (χ1v) is 13.4. The fourth-order valence-electron chi connectivity index (χ4n) is 4.81. The average Bonchev–Trinajstić information content (AvgIpc) is 2.85. The number of carbonyl (C=O) groups excluding carboxylic acids is 3. The van der Waals surface area contributed by atoms with Crippen molar-refractivity contribution < 1.29 is 19.1 Å². The lowest BCUT2D eigenvalue weighted by Gasteiger charge is -2.54. The van der Waals surface area contributed by atoms with E-state index in [1.165, 1.54) is 4.90 Å². The van der Waals surface area contributed by atoms with Gasteiger partial charge in [0, 0.05) is 19.6 Å². The van der Waals surface area contributed by atoms with E-state index in [9.17, 15) is 14.4 Å². The second kappa shape index (κ2) is 13.2. The monoisotopic (exact) mass is 502 g/mol. The van der Waals surface area contributed by atoms with Gasteiger partial charge in [0.25, 0.3) is 5.91 Å². The van der Waals surface area contributed by atoms with Crippen LogP contribution in [0, 0.1) is 12.3 Å². The molecule has 0 aliphatic carbocycles. The first-order chi connectivity index (χ1) is 17.1. The van der Waals surface area contributed by atoms with E-state index in [0.29, 0.717) is 25.9 Å². The van der Waals surface area contributed by atoms with E-state index in [1.54, 1.807) is 11.8 Å². The minimum absolute atomic E-state index is 0.135. The molecular weight excluding hydrogens is 456 g/mol. The van der Waals surface area contributed by atoms with Crippen molar-refractivity contribution in [2.24, 2.45) is 5.41 Å². The van der Waals surface area contributed by atoms with Crippen molar-refractivity contribution in [3.05, 3.63) is 35.4 Å². The fraction of sp³-hybridized carbons (Fsp3) is 0.679. The molecule has 202 valence electrons. The number of nitrogens with zero attached hydrogens (tertiary/aromatic N) is 3. The fourth-order valence-corrected chi connectivity index (χ4v) is 4.81. The van der Waals surface area contributed by atoms with Crippen LogP contribution in [0.2, 0.25) is 0 Å². The Morgan fingerprint density at radius 2 is 1.69 bits per heavy atom. The predicted molar refractivity (Wildman–Crippen MR) is 142 cm³/mol. The predicted octanol–water partition coefficient (Wildman–Crippen LogP) is 4.34. The molecule has 1 aliphatic rings. The van der Waals surface area contributed by atoms with E-state index >= 15 is 0 Å². The van der Waals surface area contributed by atoms with E-state index in [0.717, 1.165) is 30.5 Å². The van der Waals surface area contributed by atoms with Crippen molar-refractivity contribution >= 4 is 17.8 Å². The number of amides is 4. The largest absolute Gasteiger partial charge is 0.344 e. The Balaban J connectivity index is 2.23. The van der Waals surface area contributed by atoms with Crippen molar-refractivity contribution in [2.75, 3.05) is 33.7 Å². The van der Waals surface area contributed by atoms with Crippen molar-refractivity contribution in [3.63, 3.8) is 0 Å². The number of nitrogens with one attached hydrogen (secondary N) is 1. The summed E-state index contributed by atoms with van der Waals surface area (Å²) < 4.78 is 6.24. The van der Waals surface area contributed by atoms with E-state index in [4.69, 9.17) is 4.74 Å². The number of rotatable bonds is 13. The number of benzene rings is 1. The van der Waals surface area contributed by atoms with Crippen LogP contribution in [0.4, 0.5) is 4.79 Å². The van der Waals surface area contributed by atoms with Crippen molar-refractivity contribution in [2.45, 2.75) is 85.6 Å². The standard InChI is InChI=1S/C28H46N4O4/c1-9-13-23(22-16-14-20(5)15-17-22)29-27(35)32-25(34)28(10-2,11-3)26(32)36-21(6)24(33)31(12-4)19-18-30(7)8/h14-17,21,23,26H,9-13,18-19H2,1-8H3,(H,29,35)/t21-,23?,26?/m0/s1. The molecule has 1 heterocycles. The summed E-state index contributed by atoms with van der Waals surface area (Å²) in [5, 5.41) is 3.06. The van der Waals surface area contributed by atoms with Crippen molar-refractivity contribution in [1.82, 2.24) is 20.0 Å². The molecule has 0 bridgehead atoms. The summed E-state index contributed by atoms with van der Waals surface area (Å²) in [6.07, 6.45) is 1.14. The third-order valence-electron chi connectivity index (χ3n) is 7.38. The third-order valence-corrected chi connectivity index (χ3v) is 7.38. The van der Waals surface area contributed by atoms with Gasteiger partial charge in [0.05, 0.1) is 11.5 Å². The minimum atomic E-state index is -0.809. The zero-order valence-corrected chi connectivity index (χ0v) is 23.5. The quantitative estimate of drug-likeness (QED) is 0.406. The Morgan fingerprint density at radius 1 is 1.08 bits per heavy atom. The summed E-state index contributed by atoms with van der Waals surface area (Å²) in [6.45, 7) is 13.5. The van der Waals surface area contributed by atoms with Crippen LogP contribution in [0.25, 0.3) is 0 Å². The summed E-state index contributed by atoms with van der Waals surface area (Å²) in [4.78, 5) is 44.9. The summed E-state index contributed by atoms with van der Waals surface area (Å²) in [7, 11) is 3.93. The number of β-lactam (4-membered cyclic amide) rings is 1. The molecule has 36 heavy (non-hydrogen) atoms. The van der Waals surface area contributed by atoms with E-state index < -0.39 is 23.8 Å². The number of aryl methyl sites for hydroxylation is 1. The van der Waals surface area contributed by atoms with E-state index in [1.807, 2.05) is 71.0 Å². The lowest BCUT2D eigenvalue weighted by atomic mass is 9.72. The van der Waals surface area contributed by atoms with Gasteiger partial charge in [-0.2, -0.15) is 0 Å². The van der Waals surface area contributed by atoms with Crippen LogP contribution in [-0.4, -0.2) is 78.6 Å². The number of imide groups is 1. The van der Waals surface area contributed by atoms with Gasteiger partial charge in [-0.05, 0) is 59.7 Å². The molecule has 0 radical (unpaired) electrons. The number of likely N-dealkylation sites (tertiary alicyclic amines) is 1. The van der Waals surface area contributed by atoms with E-state index in [2.05, 4.69) is 12.2 Å². The van der Waals surface area contributed by atoms with Gasteiger partial charge in [0.15, 0.2) is 6.23 Å². The highest BCUT2D eigenvalue weighted by Gasteiger charge is 2.62. The van der Waals surface area contributed by atoms with Gasteiger partial charge in [0.2, 0.25) is 5.91 Å². The molecule has 8 nitrogen and oxygen atoms in total. The SMILES string of the molecule is CCCC(NC(=O)N1C(=O)C(CC)(CC)C1O[C@@H](C)C(=O)N(CC)CCN(C)C)c1ccc(C)cc1. The highest BCUT2D eigenvalue weighted by atomic mass is 16.5. The first-order valence-electron chi connectivity index (χ1n) is 13.4. The van der Waals surface area contributed by atoms with E-state index in [-0.39, 0.29) is 17.9 Å². The molecule has 8 heteroatoms. The Kier molecular flexibility index (Phi) is 10.9. The number of ether oxygens (including phenoxy) is 1. The van der Waals surface area contributed by atoms with Gasteiger partial charge in [-0.1, -0.05) is 57.0 Å². The van der Waals surface area contributed by atoms with Crippen LogP contribution in [0.5, 0.6) is 0 Å². The maximum absolute atomic E-state index is 13.4. The maximum atomic E-state index is 13.4. The summed E-state index contributed by atoms with van der Waals surface area (Å²) in [6, 6.07) is 7.38. The highest BCUT2D eigenvalue weighted by Crippen LogP contribution is 2.46. The molecule has 2 rings (SSSR count). The lowest BCUT2D eigenvalue weighted by Crippen LogP contribution is -2.73. The van der Waals surface area contributed by atoms with Gasteiger partial charge in [0.1, 0.15) is 6.10 Å². The van der Waals surface area contributed by atoms with Crippen molar-refractivity contribution in [3.8, 4) is 0 Å². The van der Waals surface area contributed by atoms with Gasteiger partial charge < -0.3 is 19.9 Å². The molecule has 1 fully saturated rings. The lowest BCUT2D eigenvalue weighted by molar-refractivity contribution is -0.222. The molecule has 1 aromatic rings. The number of urea groups is 1. The molecule has 0 spiro atoms. The normalized spacial score (nSPS) is 18.5. The average molecular weight is 503 g/mol. The van der Waals surface area contributed by atoms with Gasteiger partial charge in [-0.15, -0.1) is 0 Å². The third kappa shape index (κ3) is 6.45. The summed E-state index contributed by atoms with van der Waals surface area (Å²) in [5.74, 6) is -0.377. The molecule has 1 N–H and O–H groups in total. The summed E-state index contributed by atoms with van der Waals surface area (Å²) >= 11 is 0. The van der Waals surface area contributed by atoms with Crippen LogP contribution < -0.4 is 5.32 Å². The molecule has 1 saturated heterocycles. The highest BCUT2D eigenvalue weighted by molar-refractivity contribution is 6.03. The minimum Gasteiger partial charge on any atom is -0.344 e. The second-order valence-corrected chi connectivity index (χ2v) is 10.1. The number of hydrogen-bond acceptors (Lipinski definition) is 5. The Morgan fingerprint density at radius 3 is 2.19 bits per heavy atom. The molecule has 2 unspecified atom stereocenters. The Labute approximate surface area is 217 Å². The van der Waals surface area contributed by atoms with Crippen LogP contribution in [0.1, 0.15) is 77.5 Å². The second-order valence-electron chi connectivity index (χ2n) is 10.1. The van der Waals surface area contributed by atoms with Gasteiger partial charge in [-0.25, -0.2) is 9.69 Å². The maximum Gasteiger partial charge on any atom is 0.326 e. The first kappa shape index (κ1) is 29.8. The van der Waals surface area contributed by atoms with Crippen LogP contribution in [0.15, 0.2) is 24.3 Å². The summed E-state index contributed by atoms with van der Waals surface area (Å²) in [5.41, 5.74) is 1.34. The number of hydrogen-bond donors (Lipinski definition) is 1. The van der Waals surface area contributed by atoms with Crippen LogP contribution in [0.3, 0.4) is 0 Å². The molecule has 1 aliphatic heterocycles. The smallest absolute Gasteiger partial charge is 0.326 e. The van der Waals surface area contributed by atoms with Crippen LogP contribution >= 0.6 is 0 Å². The van der Waals surface area contributed by atoms with Gasteiger partial charge in [-0.3, -0.25) is 9.59 Å². The zero-order chi connectivity index (χ0) is 27.0.